The maximum Gasteiger partial charge on any atom is 0.214 e. The second-order valence-electron chi connectivity index (χ2n) is 3.93. The number of rotatable bonds is 5. The Labute approximate surface area is 81.2 Å². The summed E-state index contributed by atoms with van der Waals surface area (Å²) >= 11 is 0. The molecule has 0 bridgehead atoms. The first-order valence-electron chi connectivity index (χ1n) is 4.45. The van der Waals surface area contributed by atoms with Gasteiger partial charge >= 0.3 is 0 Å². The Morgan fingerprint density at radius 1 is 1.31 bits per heavy atom. The Morgan fingerprint density at radius 3 is 2.08 bits per heavy atom. The average Bonchev–Trinajstić information content (AvgIpc) is 1.81. The van der Waals surface area contributed by atoms with Crippen LogP contribution in [0.1, 0.15) is 20.8 Å². The van der Waals surface area contributed by atoms with E-state index in [4.69, 9.17) is 5.73 Å². The topological polar surface area (TPSA) is 63.4 Å². The van der Waals surface area contributed by atoms with E-state index in [1.807, 2.05) is 13.8 Å². The van der Waals surface area contributed by atoms with Crippen molar-refractivity contribution >= 4 is 10.0 Å². The lowest BCUT2D eigenvalue weighted by Gasteiger charge is -2.19. The van der Waals surface area contributed by atoms with Gasteiger partial charge in [-0.15, -0.1) is 0 Å². The summed E-state index contributed by atoms with van der Waals surface area (Å²) in [6.45, 7) is 5.95. The molecule has 1 unspecified atom stereocenters. The highest BCUT2D eigenvalue weighted by Crippen LogP contribution is 2.04. The van der Waals surface area contributed by atoms with Crippen molar-refractivity contribution in [1.29, 1.82) is 0 Å². The van der Waals surface area contributed by atoms with Crippen LogP contribution in [0.2, 0.25) is 0 Å². The van der Waals surface area contributed by atoms with Gasteiger partial charge in [0.2, 0.25) is 10.0 Å². The molecule has 2 N–H and O–H groups in total. The number of nitrogens with zero attached hydrogens (tertiary/aromatic N) is 1. The van der Waals surface area contributed by atoms with E-state index in [-0.39, 0.29) is 17.7 Å². The molecular weight excluding hydrogens is 188 g/mol. The monoisotopic (exact) mass is 208 g/mol. The fourth-order valence-electron chi connectivity index (χ4n) is 1.07. The predicted octanol–water partition coefficient (Wildman–Crippen LogP) is 0.251. The van der Waals surface area contributed by atoms with Gasteiger partial charge in [0.15, 0.2) is 0 Å². The number of likely N-dealkylation sites (N-methyl/N-ethyl adjacent to an activating group) is 1. The van der Waals surface area contributed by atoms with Gasteiger partial charge in [-0.25, -0.2) is 12.7 Å². The normalized spacial score (nSPS) is 15.3. The van der Waals surface area contributed by atoms with E-state index in [1.165, 1.54) is 4.31 Å². The zero-order valence-corrected chi connectivity index (χ0v) is 9.63. The molecule has 5 heteroatoms. The van der Waals surface area contributed by atoms with E-state index in [0.717, 1.165) is 0 Å². The van der Waals surface area contributed by atoms with Crippen LogP contribution in [-0.2, 0) is 10.0 Å². The molecule has 0 heterocycles. The van der Waals surface area contributed by atoms with Gasteiger partial charge in [-0.05, 0) is 12.8 Å². The molecule has 0 aromatic heterocycles. The molecule has 80 valence electrons. The van der Waals surface area contributed by atoms with Crippen LogP contribution < -0.4 is 5.73 Å². The Morgan fingerprint density at radius 2 is 1.77 bits per heavy atom. The third kappa shape index (κ3) is 5.23. The van der Waals surface area contributed by atoms with Crippen molar-refractivity contribution in [2.45, 2.75) is 26.8 Å². The van der Waals surface area contributed by atoms with Crippen molar-refractivity contribution in [2.24, 2.45) is 11.7 Å². The molecule has 0 aromatic rings. The quantitative estimate of drug-likeness (QED) is 0.704. The first kappa shape index (κ1) is 12.9. The molecule has 0 amide bonds. The summed E-state index contributed by atoms with van der Waals surface area (Å²) in [5.41, 5.74) is 5.51. The molecule has 0 aliphatic carbocycles. The lowest BCUT2D eigenvalue weighted by Crippen LogP contribution is -2.38. The second-order valence-corrected chi connectivity index (χ2v) is 6.05. The largest absolute Gasteiger partial charge is 0.327 e. The molecule has 0 aromatic carbocycles. The van der Waals surface area contributed by atoms with Crippen molar-refractivity contribution in [3.05, 3.63) is 0 Å². The summed E-state index contributed by atoms with van der Waals surface area (Å²) < 4.78 is 24.4. The summed E-state index contributed by atoms with van der Waals surface area (Å²) in [4.78, 5) is 0. The third-order valence-electron chi connectivity index (χ3n) is 1.56. The molecule has 0 saturated heterocycles. The maximum atomic E-state index is 11.5. The van der Waals surface area contributed by atoms with E-state index in [1.54, 1.807) is 14.0 Å². The number of hydrogen-bond donors (Lipinski definition) is 1. The van der Waals surface area contributed by atoms with Gasteiger partial charge in [-0.2, -0.15) is 0 Å². The summed E-state index contributed by atoms with van der Waals surface area (Å²) in [6, 6.07) is -0.119. The minimum atomic E-state index is -3.10. The van der Waals surface area contributed by atoms with Gasteiger partial charge in [0.1, 0.15) is 0 Å². The Bertz CT molecular complexity index is 235. The van der Waals surface area contributed by atoms with Crippen molar-refractivity contribution in [1.82, 2.24) is 4.31 Å². The number of hydrogen-bond acceptors (Lipinski definition) is 3. The van der Waals surface area contributed by atoms with Crippen molar-refractivity contribution in [2.75, 3.05) is 19.3 Å². The maximum absolute atomic E-state index is 11.5. The molecule has 0 fully saturated rings. The highest BCUT2D eigenvalue weighted by atomic mass is 32.2. The van der Waals surface area contributed by atoms with E-state index in [2.05, 4.69) is 0 Å². The first-order valence-corrected chi connectivity index (χ1v) is 6.06. The summed E-state index contributed by atoms with van der Waals surface area (Å²) in [5.74, 6) is 0.344. The lowest BCUT2D eigenvalue weighted by atomic mass is 10.3. The molecule has 4 nitrogen and oxygen atoms in total. The zero-order chi connectivity index (χ0) is 10.6. The molecule has 0 spiro atoms. The van der Waals surface area contributed by atoms with Gasteiger partial charge in [-0.1, -0.05) is 13.8 Å². The van der Waals surface area contributed by atoms with Crippen LogP contribution in [0, 0.1) is 5.92 Å². The number of sulfonamides is 1. The molecular formula is C8H20N2O2S. The Kier molecular flexibility index (Phi) is 4.88. The van der Waals surface area contributed by atoms with Gasteiger partial charge in [0.05, 0.1) is 5.75 Å². The molecule has 13 heavy (non-hydrogen) atoms. The SMILES string of the molecule is CC(C)CS(=O)(=O)N(C)CC(C)N. The Balaban J connectivity index is 4.29. The van der Waals surface area contributed by atoms with E-state index in [0.29, 0.717) is 6.54 Å². The second kappa shape index (κ2) is 4.93. The molecule has 0 aliphatic heterocycles. The molecule has 0 radical (unpaired) electrons. The van der Waals surface area contributed by atoms with E-state index in [9.17, 15) is 8.42 Å². The average molecular weight is 208 g/mol. The minimum Gasteiger partial charge on any atom is -0.327 e. The molecule has 0 rings (SSSR count). The fraction of sp³-hybridized carbons (Fsp3) is 1.00. The summed E-state index contributed by atoms with van der Waals surface area (Å²) in [5, 5.41) is 0. The van der Waals surface area contributed by atoms with Crippen LogP contribution >= 0.6 is 0 Å². The van der Waals surface area contributed by atoms with Gasteiger partial charge in [0, 0.05) is 19.6 Å². The van der Waals surface area contributed by atoms with Crippen LogP contribution in [0.4, 0.5) is 0 Å². The van der Waals surface area contributed by atoms with Crippen LogP contribution in [0.25, 0.3) is 0 Å². The standard InChI is InChI=1S/C8H20N2O2S/c1-7(2)6-13(11,12)10(4)5-8(3)9/h7-8H,5-6,9H2,1-4H3. The summed E-state index contributed by atoms with van der Waals surface area (Å²) in [7, 11) is -1.53. The fourth-order valence-corrected chi connectivity index (χ4v) is 2.63. The number of nitrogens with two attached hydrogens (primary N) is 1. The smallest absolute Gasteiger partial charge is 0.214 e. The molecule has 0 aliphatic rings. The minimum absolute atomic E-state index is 0.119. The van der Waals surface area contributed by atoms with Gasteiger partial charge in [0.25, 0.3) is 0 Å². The van der Waals surface area contributed by atoms with E-state index < -0.39 is 10.0 Å². The van der Waals surface area contributed by atoms with Crippen LogP contribution in [0.15, 0.2) is 0 Å². The van der Waals surface area contributed by atoms with Crippen LogP contribution in [-0.4, -0.2) is 38.1 Å². The zero-order valence-electron chi connectivity index (χ0n) is 8.82. The van der Waals surface area contributed by atoms with Crippen molar-refractivity contribution in [3.8, 4) is 0 Å². The highest BCUT2D eigenvalue weighted by molar-refractivity contribution is 7.89. The van der Waals surface area contributed by atoms with Crippen molar-refractivity contribution < 1.29 is 8.42 Å². The lowest BCUT2D eigenvalue weighted by molar-refractivity contribution is 0.440. The van der Waals surface area contributed by atoms with Crippen molar-refractivity contribution in [3.63, 3.8) is 0 Å². The molecule has 0 saturated carbocycles. The van der Waals surface area contributed by atoms with E-state index >= 15 is 0 Å². The Hall–Kier alpha value is -0.130. The van der Waals surface area contributed by atoms with Gasteiger partial charge < -0.3 is 5.73 Å². The van der Waals surface area contributed by atoms with Gasteiger partial charge in [-0.3, -0.25) is 0 Å². The van der Waals surface area contributed by atoms with Crippen LogP contribution in [0.3, 0.4) is 0 Å². The van der Waals surface area contributed by atoms with Crippen LogP contribution in [0.5, 0.6) is 0 Å². The third-order valence-corrected chi connectivity index (χ3v) is 3.75. The first-order chi connectivity index (χ1) is 5.75. The predicted molar refractivity (Wildman–Crippen MR) is 54.9 cm³/mol. The highest BCUT2D eigenvalue weighted by Gasteiger charge is 2.19. The summed E-state index contributed by atoms with van der Waals surface area (Å²) in [6.07, 6.45) is 0. The molecule has 1 atom stereocenters.